The first-order valence-electron chi connectivity index (χ1n) is 10.1. The Labute approximate surface area is 198 Å². The van der Waals surface area contributed by atoms with Gasteiger partial charge in [-0.1, -0.05) is 69.3 Å². The number of carboxylic acid groups (broad SMARTS) is 1. The van der Waals surface area contributed by atoms with Gasteiger partial charge < -0.3 is 42.1 Å². The van der Waals surface area contributed by atoms with Crippen LogP contribution in [-0.2, 0) is 4.79 Å². The van der Waals surface area contributed by atoms with Gasteiger partial charge in [-0.25, -0.2) is 4.79 Å². The molecule has 13 N–H and O–H groups in total. The van der Waals surface area contributed by atoms with Gasteiger partial charge in [-0.05, 0) is 12.1 Å². The molecule has 192 valence electrons. The fraction of sp³-hybridized carbons (Fsp3) is 0.550. The maximum atomic E-state index is 10.1. The van der Waals surface area contributed by atoms with E-state index < -0.39 is 37.0 Å². The monoisotopic (exact) mass is 495 g/mol. The second-order valence-electron chi connectivity index (χ2n) is 6.47. The highest BCUT2D eigenvalue weighted by molar-refractivity contribution is 6.30. The van der Waals surface area contributed by atoms with Crippen LogP contribution in [0.1, 0.15) is 39.5 Å². The van der Waals surface area contributed by atoms with Crippen molar-refractivity contribution in [1.82, 2.24) is 5.32 Å². The van der Waals surface area contributed by atoms with E-state index in [1.165, 1.54) is 25.7 Å². The number of guanidine groups is 2. The quantitative estimate of drug-likeness (QED) is 0.128. The predicted molar refractivity (Wildman–Crippen MR) is 127 cm³/mol. The van der Waals surface area contributed by atoms with Gasteiger partial charge in [0.2, 0.25) is 0 Å². The maximum absolute atomic E-state index is 10.1. The number of hydrogen-bond acceptors (Lipinski definition) is 8. The highest BCUT2D eigenvalue weighted by atomic mass is 35.5. The largest absolute Gasteiger partial charge is 0.479 e. The molecule has 0 aromatic heterocycles. The lowest BCUT2D eigenvalue weighted by atomic mass is 10.0. The van der Waals surface area contributed by atoms with Crippen LogP contribution in [0.3, 0.4) is 0 Å². The number of carbonyl (C=O) groups is 1. The van der Waals surface area contributed by atoms with E-state index in [0.29, 0.717) is 0 Å². The Morgan fingerprint density at radius 3 is 1.61 bits per heavy atom. The van der Waals surface area contributed by atoms with E-state index in [9.17, 15) is 4.79 Å². The number of rotatable bonds is 8. The minimum atomic E-state index is -2.20. The molecular formula is C20H38ClN5O7. The van der Waals surface area contributed by atoms with Gasteiger partial charge in [0.05, 0.1) is 6.61 Å². The number of nitrogens with two attached hydrogens (primary N) is 2. The third-order valence-electron chi connectivity index (χ3n) is 3.47. The molecule has 0 radical (unpaired) electrons. The smallest absolute Gasteiger partial charge is 0.335 e. The Morgan fingerprint density at radius 2 is 1.39 bits per heavy atom. The van der Waals surface area contributed by atoms with Crippen LogP contribution in [0.15, 0.2) is 30.3 Å². The van der Waals surface area contributed by atoms with Crippen LogP contribution in [0, 0.1) is 10.8 Å². The van der Waals surface area contributed by atoms with E-state index in [1.54, 1.807) is 0 Å². The summed E-state index contributed by atoms with van der Waals surface area (Å²) in [5.41, 5.74) is 9.49. The van der Waals surface area contributed by atoms with Crippen molar-refractivity contribution in [2.75, 3.05) is 6.61 Å². The normalized spacial score (nSPS) is 13.1. The van der Waals surface area contributed by atoms with Gasteiger partial charge in [0.15, 0.2) is 18.0 Å². The molecule has 0 spiro atoms. The Hall–Kier alpha value is -2.48. The molecule has 0 aliphatic rings. The number of aliphatic hydroxyl groups is 5. The second-order valence-corrected chi connectivity index (χ2v) is 6.91. The highest BCUT2D eigenvalue weighted by Gasteiger charge is 2.33. The Kier molecular flexibility index (Phi) is 24.2. The van der Waals surface area contributed by atoms with E-state index in [1.807, 2.05) is 35.6 Å². The average molecular weight is 496 g/mol. The molecule has 12 nitrogen and oxygen atoms in total. The molecule has 0 saturated carbocycles. The minimum absolute atomic E-state index is 0.312. The summed E-state index contributed by atoms with van der Waals surface area (Å²) in [6.07, 6.45) is -2.30. The summed E-state index contributed by atoms with van der Waals surface area (Å²) in [7, 11) is 0. The van der Waals surface area contributed by atoms with Crippen molar-refractivity contribution in [3.05, 3.63) is 35.4 Å². The zero-order valence-corrected chi connectivity index (χ0v) is 19.6. The zero-order valence-electron chi connectivity index (χ0n) is 18.9. The second kappa shape index (κ2) is 22.7. The van der Waals surface area contributed by atoms with Gasteiger partial charge in [-0.3, -0.25) is 16.1 Å². The number of benzene rings is 1. The highest BCUT2D eigenvalue weighted by Crippen LogP contribution is 2.05. The average Bonchev–Trinajstić information content (AvgIpc) is 2.76. The summed E-state index contributed by atoms with van der Waals surface area (Å²) in [5, 5.41) is 67.6. The fourth-order valence-electron chi connectivity index (χ4n) is 1.73. The fourth-order valence-corrected chi connectivity index (χ4v) is 1.87. The minimum Gasteiger partial charge on any atom is -0.479 e. The number of carboxylic acids is 1. The van der Waals surface area contributed by atoms with Gasteiger partial charge >= 0.3 is 5.97 Å². The van der Waals surface area contributed by atoms with Crippen molar-refractivity contribution in [3.63, 3.8) is 0 Å². The molecule has 0 aliphatic carbocycles. The summed E-state index contributed by atoms with van der Waals surface area (Å²) >= 11 is 5.54. The van der Waals surface area contributed by atoms with Crippen molar-refractivity contribution in [3.8, 4) is 0 Å². The summed E-state index contributed by atoms with van der Waals surface area (Å²) in [6, 6.07) is 9.44. The van der Waals surface area contributed by atoms with Crippen LogP contribution < -0.4 is 16.8 Å². The molecule has 0 bridgehead atoms. The third-order valence-corrected chi connectivity index (χ3v) is 3.72. The molecule has 0 saturated heterocycles. The molecule has 33 heavy (non-hydrogen) atoms. The van der Waals surface area contributed by atoms with Crippen molar-refractivity contribution >= 4 is 29.5 Å². The zero-order chi connectivity index (χ0) is 26.4. The van der Waals surface area contributed by atoms with E-state index in [4.69, 9.17) is 64.5 Å². The Morgan fingerprint density at radius 1 is 0.970 bits per heavy atom. The van der Waals surface area contributed by atoms with Gasteiger partial charge in [-0.2, -0.15) is 0 Å². The number of aliphatic carboxylic acids is 1. The summed E-state index contributed by atoms with van der Waals surface area (Å²) in [5.74, 6) is -2.35. The van der Waals surface area contributed by atoms with E-state index in [2.05, 4.69) is 13.8 Å². The number of aliphatic hydroxyl groups excluding tert-OH is 5. The number of nitrogens with one attached hydrogen (secondary N) is 3. The molecule has 1 rings (SSSR count). The summed E-state index contributed by atoms with van der Waals surface area (Å²) < 4.78 is 0. The molecule has 1 aromatic rings. The third kappa shape index (κ3) is 24.0. The van der Waals surface area contributed by atoms with E-state index in [-0.39, 0.29) is 11.9 Å². The molecule has 0 amide bonds. The lowest BCUT2D eigenvalue weighted by molar-refractivity contribution is -0.164. The van der Waals surface area contributed by atoms with Gasteiger partial charge in [-0.15, -0.1) is 0 Å². The molecule has 0 fully saturated rings. The maximum Gasteiger partial charge on any atom is 0.335 e. The van der Waals surface area contributed by atoms with Crippen molar-refractivity contribution in [1.29, 1.82) is 10.8 Å². The van der Waals surface area contributed by atoms with Gasteiger partial charge in [0, 0.05) is 5.02 Å². The molecule has 13 heteroatoms. The van der Waals surface area contributed by atoms with E-state index in [0.717, 1.165) is 5.02 Å². The number of hydrogen-bond donors (Lipinski definition) is 11. The molecule has 4 atom stereocenters. The first kappa shape index (κ1) is 35.1. The standard InChI is InChI=1S/C6H5Cl.C6H12O7.C6H14.C2H7N5/c7-6-4-2-1-3-5-6;7-1-2(8)3(9)4(10)5(11)6(12)13;1-3-5-6-4-2;3-1(4)7-2(5)6/h1-5H;2-5,7-11H,1H2,(H,12,13);3-6H2,1-2H3;(H7,3,4,5,6,7). The van der Waals surface area contributed by atoms with Crippen LogP contribution in [0.4, 0.5) is 0 Å². The number of halogens is 1. The van der Waals surface area contributed by atoms with Crippen molar-refractivity contribution in [2.45, 2.75) is 63.9 Å². The summed E-state index contributed by atoms with van der Waals surface area (Å²) in [4.78, 5) is 10.1. The first-order chi connectivity index (χ1) is 15.3. The van der Waals surface area contributed by atoms with Gasteiger partial charge in [0.25, 0.3) is 0 Å². The molecule has 1 aromatic carbocycles. The van der Waals surface area contributed by atoms with Crippen LogP contribution >= 0.6 is 11.6 Å². The van der Waals surface area contributed by atoms with Crippen molar-refractivity contribution in [2.24, 2.45) is 11.5 Å². The van der Waals surface area contributed by atoms with Crippen LogP contribution in [0.5, 0.6) is 0 Å². The van der Waals surface area contributed by atoms with Crippen LogP contribution in [0.2, 0.25) is 5.02 Å². The molecule has 4 unspecified atom stereocenters. The van der Waals surface area contributed by atoms with Gasteiger partial charge in [0.1, 0.15) is 18.3 Å². The van der Waals surface area contributed by atoms with E-state index >= 15 is 0 Å². The molecule has 0 heterocycles. The Bertz CT molecular complexity index is 624. The van der Waals surface area contributed by atoms with Crippen LogP contribution in [0.25, 0.3) is 0 Å². The molecular weight excluding hydrogens is 458 g/mol. The SMILES string of the molecule is CCCCCC.Clc1ccccc1.N=C(N)NC(=N)N.O=C(O)C(O)C(O)C(O)C(O)CO. The topological polar surface area (TPSA) is 250 Å². The lowest BCUT2D eigenvalue weighted by Crippen LogP contribution is -2.48. The molecule has 0 aliphatic heterocycles. The predicted octanol–water partition coefficient (Wildman–Crippen LogP) is -0.204. The Balaban J connectivity index is -0.000000386. The first-order valence-corrected chi connectivity index (χ1v) is 10.4. The summed E-state index contributed by atoms with van der Waals surface area (Å²) in [6.45, 7) is 3.62. The van der Waals surface area contributed by atoms with Crippen LogP contribution in [-0.4, -0.2) is 79.6 Å². The lowest BCUT2D eigenvalue weighted by Gasteiger charge is -2.23. The van der Waals surface area contributed by atoms with Crippen molar-refractivity contribution < 1.29 is 35.4 Å². The number of unbranched alkanes of at least 4 members (excludes halogenated alkanes) is 3.